The second kappa shape index (κ2) is 6.33. The molecule has 8 heteroatoms. The fourth-order valence-electron chi connectivity index (χ4n) is 3.94. The molecule has 4 aromatic heterocycles. The SMILES string of the molecule is C[C@H]1CCCN(C(=O)c2cnc3c(ccn3-c3ccc4nc(N)nn4c3)c2)C1. The van der Waals surface area contributed by atoms with Gasteiger partial charge in [-0.25, -0.2) is 9.50 Å². The normalized spacial score (nSPS) is 17.5. The van der Waals surface area contributed by atoms with Gasteiger partial charge in [-0.1, -0.05) is 6.92 Å². The number of pyridine rings is 2. The number of nitrogens with zero attached hydrogens (tertiary/aromatic N) is 6. The number of hydrogen-bond donors (Lipinski definition) is 1. The Morgan fingerprint density at radius 3 is 3.04 bits per heavy atom. The van der Waals surface area contributed by atoms with Gasteiger partial charge >= 0.3 is 0 Å². The summed E-state index contributed by atoms with van der Waals surface area (Å²) in [5.74, 6) is 0.854. The summed E-state index contributed by atoms with van der Waals surface area (Å²) in [7, 11) is 0. The van der Waals surface area contributed by atoms with E-state index in [0.29, 0.717) is 17.1 Å². The number of nitrogen functional groups attached to an aromatic ring is 1. The molecule has 5 heterocycles. The lowest BCUT2D eigenvalue weighted by molar-refractivity contribution is 0.0683. The van der Waals surface area contributed by atoms with Crippen LogP contribution in [0.4, 0.5) is 5.95 Å². The molecule has 0 unspecified atom stereocenters. The first-order valence-electron chi connectivity index (χ1n) is 9.47. The van der Waals surface area contributed by atoms with E-state index in [0.717, 1.165) is 36.2 Å². The zero-order valence-corrected chi connectivity index (χ0v) is 15.6. The fourth-order valence-corrected chi connectivity index (χ4v) is 3.94. The second-order valence-corrected chi connectivity index (χ2v) is 7.48. The minimum Gasteiger partial charge on any atom is -0.366 e. The molecule has 1 aliphatic rings. The largest absolute Gasteiger partial charge is 0.366 e. The second-order valence-electron chi connectivity index (χ2n) is 7.48. The van der Waals surface area contributed by atoms with Gasteiger partial charge in [-0.3, -0.25) is 9.36 Å². The summed E-state index contributed by atoms with van der Waals surface area (Å²) in [6.45, 7) is 3.84. The minimum absolute atomic E-state index is 0.0632. The molecule has 142 valence electrons. The van der Waals surface area contributed by atoms with Crippen LogP contribution in [0.25, 0.3) is 22.4 Å². The van der Waals surface area contributed by atoms with Crippen LogP contribution in [0.5, 0.6) is 0 Å². The van der Waals surface area contributed by atoms with Gasteiger partial charge in [0.05, 0.1) is 17.4 Å². The first-order chi connectivity index (χ1) is 13.6. The Kier molecular flexibility index (Phi) is 3.78. The number of hydrogen-bond acceptors (Lipinski definition) is 5. The molecular weight excluding hydrogens is 354 g/mol. The number of carbonyl (C=O) groups is 1. The standard InChI is InChI=1S/C20H21N7O/c1-13-3-2-7-25(11-13)19(28)15-9-14-6-8-26(18(14)22-10-15)16-4-5-17-23-20(21)24-27(17)12-16/h4-6,8-10,12-13H,2-3,7,11H2,1H3,(H2,21,24)/t13-/m0/s1. The maximum Gasteiger partial charge on any atom is 0.255 e. The van der Waals surface area contributed by atoms with E-state index in [1.165, 1.54) is 6.42 Å². The van der Waals surface area contributed by atoms with E-state index in [1.54, 1.807) is 10.7 Å². The average Bonchev–Trinajstić information content (AvgIpc) is 3.28. The first-order valence-corrected chi connectivity index (χ1v) is 9.47. The molecule has 0 radical (unpaired) electrons. The van der Waals surface area contributed by atoms with Crippen molar-refractivity contribution in [3.05, 3.63) is 48.4 Å². The summed E-state index contributed by atoms with van der Waals surface area (Å²) in [5, 5.41) is 5.08. The number of anilines is 1. The van der Waals surface area contributed by atoms with Crippen molar-refractivity contribution >= 4 is 28.5 Å². The van der Waals surface area contributed by atoms with Gasteiger partial charge < -0.3 is 10.6 Å². The molecule has 28 heavy (non-hydrogen) atoms. The lowest BCUT2D eigenvalue weighted by atomic mass is 9.99. The van der Waals surface area contributed by atoms with E-state index in [2.05, 4.69) is 22.0 Å². The summed E-state index contributed by atoms with van der Waals surface area (Å²) >= 11 is 0. The zero-order chi connectivity index (χ0) is 19.3. The topological polar surface area (TPSA) is 94.3 Å². The van der Waals surface area contributed by atoms with E-state index >= 15 is 0 Å². The Hall–Kier alpha value is -3.42. The number of rotatable bonds is 2. The lowest BCUT2D eigenvalue weighted by Gasteiger charge is -2.30. The van der Waals surface area contributed by atoms with Crippen LogP contribution in [0.15, 0.2) is 42.9 Å². The summed E-state index contributed by atoms with van der Waals surface area (Å²) in [4.78, 5) is 23.5. The Morgan fingerprint density at radius 2 is 2.18 bits per heavy atom. The van der Waals surface area contributed by atoms with E-state index < -0.39 is 0 Å². The van der Waals surface area contributed by atoms with Crippen molar-refractivity contribution in [3.8, 4) is 5.69 Å². The van der Waals surface area contributed by atoms with E-state index in [1.807, 2.05) is 46.1 Å². The van der Waals surface area contributed by atoms with Crippen LogP contribution in [0.1, 0.15) is 30.1 Å². The number of amides is 1. The third kappa shape index (κ3) is 2.77. The molecule has 1 saturated heterocycles. The summed E-state index contributed by atoms with van der Waals surface area (Å²) in [6, 6.07) is 7.70. The molecule has 4 aromatic rings. The van der Waals surface area contributed by atoms with Crippen LogP contribution in [0.2, 0.25) is 0 Å². The van der Waals surface area contributed by atoms with Crippen LogP contribution in [-0.4, -0.2) is 48.0 Å². The van der Waals surface area contributed by atoms with Crippen LogP contribution < -0.4 is 5.73 Å². The summed E-state index contributed by atoms with van der Waals surface area (Å²) in [6.07, 6.45) is 7.72. The van der Waals surface area contributed by atoms with Crippen molar-refractivity contribution in [2.75, 3.05) is 18.8 Å². The minimum atomic E-state index is 0.0632. The molecule has 1 amide bonds. The summed E-state index contributed by atoms with van der Waals surface area (Å²) in [5.41, 5.74) is 8.67. The fraction of sp³-hybridized carbons (Fsp3) is 0.300. The van der Waals surface area contributed by atoms with Crippen molar-refractivity contribution in [1.82, 2.24) is 29.0 Å². The highest BCUT2D eigenvalue weighted by molar-refractivity contribution is 5.97. The highest BCUT2D eigenvalue weighted by atomic mass is 16.2. The van der Waals surface area contributed by atoms with Crippen LogP contribution >= 0.6 is 0 Å². The highest BCUT2D eigenvalue weighted by Gasteiger charge is 2.22. The molecule has 0 bridgehead atoms. The van der Waals surface area contributed by atoms with Crippen molar-refractivity contribution in [1.29, 1.82) is 0 Å². The predicted octanol–water partition coefficient (Wildman–Crippen LogP) is 2.52. The Bertz CT molecular complexity index is 1190. The van der Waals surface area contributed by atoms with Crippen LogP contribution in [-0.2, 0) is 0 Å². The zero-order valence-electron chi connectivity index (χ0n) is 15.6. The smallest absolute Gasteiger partial charge is 0.255 e. The average molecular weight is 375 g/mol. The monoisotopic (exact) mass is 375 g/mol. The van der Waals surface area contributed by atoms with Crippen molar-refractivity contribution in [2.24, 2.45) is 5.92 Å². The van der Waals surface area contributed by atoms with Gasteiger partial charge in [0, 0.05) is 30.9 Å². The molecule has 0 aliphatic carbocycles. The molecule has 8 nitrogen and oxygen atoms in total. The molecule has 1 fully saturated rings. The molecule has 1 aliphatic heterocycles. The van der Waals surface area contributed by atoms with Gasteiger partial charge in [-0.2, -0.15) is 4.98 Å². The van der Waals surface area contributed by atoms with Gasteiger partial charge in [-0.15, -0.1) is 5.10 Å². The third-order valence-corrected chi connectivity index (χ3v) is 5.33. The number of carbonyl (C=O) groups excluding carboxylic acids is 1. The maximum absolute atomic E-state index is 12.9. The molecular formula is C20H21N7O. The molecule has 0 spiro atoms. The van der Waals surface area contributed by atoms with E-state index in [4.69, 9.17) is 5.73 Å². The third-order valence-electron chi connectivity index (χ3n) is 5.33. The lowest BCUT2D eigenvalue weighted by Crippen LogP contribution is -2.39. The van der Waals surface area contributed by atoms with Gasteiger partial charge in [0.15, 0.2) is 5.65 Å². The van der Waals surface area contributed by atoms with Gasteiger partial charge in [-0.05, 0) is 43.0 Å². The van der Waals surface area contributed by atoms with Gasteiger partial charge in [0.25, 0.3) is 5.91 Å². The number of fused-ring (bicyclic) bond motifs is 2. The molecule has 0 aromatic carbocycles. The van der Waals surface area contributed by atoms with Crippen molar-refractivity contribution < 1.29 is 4.79 Å². The predicted molar refractivity (Wildman–Crippen MR) is 106 cm³/mol. The number of likely N-dealkylation sites (tertiary alicyclic amines) is 1. The number of aromatic nitrogens is 5. The molecule has 0 saturated carbocycles. The maximum atomic E-state index is 12.9. The van der Waals surface area contributed by atoms with E-state index in [-0.39, 0.29) is 11.9 Å². The van der Waals surface area contributed by atoms with Crippen molar-refractivity contribution in [3.63, 3.8) is 0 Å². The number of nitrogens with two attached hydrogens (primary N) is 1. The number of piperidine rings is 1. The van der Waals surface area contributed by atoms with Crippen LogP contribution in [0, 0.1) is 5.92 Å². The Balaban J connectivity index is 1.49. The summed E-state index contributed by atoms with van der Waals surface area (Å²) < 4.78 is 3.61. The molecule has 1 atom stereocenters. The Labute approximate surface area is 161 Å². The first kappa shape index (κ1) is 16.7. The van der Waals surface area contributed by atoms with E-state index in [9.17, 15) is 4.79 Å². The molecule has 5 rings (SSSR count). The van der Waals surface area contributed by atoms with Crippen LogP contribution in [0.3, 0.4) is 0 Å². The van der Waals surface area contributed by atoms with Gasteiger partial charge in [0.2, 0.25) is 5.95 Å². The molecule has 2 N–H and O–H groups in total. The Morgan fingerprint density at radius 1 is 1.29 bits per heavy atom. The quantitative estimate of drug-likeness (QED) is 0.581. The van der Waals surface area contributed by atoms with Crippen molar-refractivity contribution in [2.45, 2.75) is 19.8 Å². The highest BCUT2D eigenvalue weighted by Crippen LogP contribution is 2.22. The van der Waals surface area contributed by atoms with Gasteiger partial charge in [0.1, 0.15) is 5.65 Å².